The summed E-state index contributed by atoms with van der Waals surface area (Å²) < 4.78 is 40.0. The first-order valence-electron chi connectivity index (χ1n) is 15.5. The molecule has 0 aromatic rings. The summed E-state index contributed by atoms with van der Waals surface area (Å²) in [7, 11) is -15.2. The van der Waals surface area contributed by atoms with Gasteiger partial charge in [-0.1, -0.05) is 26.3 Å². The van der Waals surface area contributed by atoms with Crippen LogP contribution in [0.25, 0.3) is 0 Å². The Labute approximate surface area is 310 Å². The molecular formula is C28H72O6S4Si7. The van der Waals surface area contributed by atoms with E-state index in [1.54, 1.807) is 0 Å². The summed E-state index contributed by atoms with van der Waals surface area (Å²) in [5, 5.41) is 0. The molecule has 45 heavy (non-hydrogen) atoms. The van der Waals surface area contributed by atoms with Gasteiger partial charge in [0.25, 0.3) is 0 Å². The summed E-state index contributed by atoms with van der Waals surface area (Å²) in [4.78, 5) is 0. The highest BCUT2D eigenvalue weighted by Gasteiger charge is 2.56. The monoisotopic (exact) mass is 828 g/mol. The van der Waals surface area contributed by atoms with Crippen LogP contribution in [0.1, 0.15) is 40.5 Å². The first-order chi connectivity index (χ1) is 19.6. The lowest BCUT2D eigenvalue weighted by Gasteiger charge is -2.50. The summed E-state index contributed by atoms with van der Waals surface area (Å²) in [5.41, 5.74) is 3.90. The van der Waals surface area contributed by atoms with Crippen molar-refractivity contribution in [3.63, 3.8) is 0 Å². The van der Waals surface area contributed by atoms with Crippen LogP contribution in [0.5, 0.6) is 0 Å². The van der Waals surface area contributed by atoms with Crippen LogP contribution in [0, 0.1) is 0 Å². The lowest BCUT2D eigenvalue weighted by atomic mass is 10.6. The maximum Gasteiger partial charge on any atom is 0.317 e. The highest BCUT2D eigenvalue weighted by molar-refractivity contribution is 7.80. The van der Waals surface area contributed by atoms with Gasteiger partial charge in [0.15, 0.2) is 16.6 Å². The van der Waals surface area contributed by atoms with E-state index in [2.05, 4.69) is 129 Å². The lowest BCUT2D eigenvalue weighted by Crippen LogP contribution is -2.67. The predicted octanol–water partition coefficient (Wildman–Crippen LogP) is 10.5. The van der Waals surface area contributed by atoms with E-state index in [1.165, 1.54) is 0 Å². The van der Waals surface area contributed by atoms with Gasteiger partial charge in [0.05, 0.1) is 0 Å². The molecule has 0 saturated carbocycles. The Kier molecular flexibility index (Phi) is 26.2. The molecule has 1 aliphatic rings. The number of thiol groups is 4. The second-order valence-electron chi connectivity index (χ2n) is 13.5. The molecule has 0 bridgehead atoms. The van der Waals surface area contributed by atoms with Crippen LogP contribution in [0.4, 0.5) is 0 Å². The van der Waals surface area contributed by atoms with Crippen LogP contribution >= 0.6 is 50.5 Å². The summed E-state index contributed by atoms with van der Waals surface area (Å²) in [6, 6.07) is 3.74. The van der Waals surface area contributed by atoms with Crippen LogP contribution in [-0.2, 0) is 24.7 Å². The summed E-state index contributed by atoms with van der Waals surface area (Å²) in [6.45, 7) is 29.2. The SMILES string of the molecule is C.C.C=C[Si](C)(C)O[Si](C)(C)O[Si](C)(C)C=C.C[Si]1(CCCS)O[Si](C)(CCCS)O[Si](C)(CCCS)O[Si](C)(CCCS)O1. The van der Waals surface area contributed by atoms with Gasteiger partial charge in [-0.25, -0.2) is 0 Å². The van der Waals surface area contributed by atoms with E-state index in [9.17, 15) is 0 Å². The van der Waals surface area contributed by atoms with Crippen LogP contribution in [0.2, 0.25) is 89.6 Å². The summed E-state index contributed by atoms with van der Waals surface area (Å²) in [5.74, 6) is 3.37. The molecule has 272 valence electrons. The molecule has 0 aromatic carbocycles. The standard InChI is InChI=1S/C16H40O4S4Si4.C10H24O2Si3.2CH4/c1-25(13-5-9-21)17-26(2,14-6-10-22)19-28(4,16-8-12-24)20-27(3,18-25)15-7-11-23;1-9-13(3,4)11-15(7,8)12-14(5,6)10-2;;/h21-24H,5-16H2,1-4H3;9-10H,1-2H2,3-8H3;2*1H4. The number of hydrogen-bond acceptors (Lipinski definition) is 10. The van der Waals surface area contributed by atoms with Crippen molar-refractivity contribution in [3.05, 3.63) is 24.6 Å². The van der Waals surface area contributed by atoms with E-state index >= 15 is 0 Å². The van der Waals surface area contributed by atoms with Crippen molar-refractivity contribution < 1.29 is 24.7 Å². The normalized spacial score (nSPS) is 27.5. The van der Waals surface area contributed by atoms with Crippen molar-refractivity contribution in [2.75, 3.05) is 23.0 Å². The third kappa shape index (κ3) is 21.9. The third-order valence-electron chi connectivity index (χ3n) is 6.88. The molecule has 1 fully saturated rings. The maximum atomic E-state index is 6.94. The Balaban J connectivity index is -0.000000888. The summed E-state index contributed by atoms with van der Waals surface area (Å²) in [6.07, 6.45) is 3.98. The van der Waals surface area contributed by atoms with Crippen molar-refractivity contribution in [2.45, 2.75) is 130 Å². The minimum absolute atomic E-state index is 0. The van der Waals surface area contributed by atoms with E-state index < -0.39 is 59.4 Å². The molecule has 6 nitrogen and oxygen atoms in total. The van der Waals surface area contributed by atoms with Crippen LogP contribution in [0.3, 0.4) is 0 Å². The molecule has 0 unspecified atom stereocenters. The predicted molar refractivity (Wildman–Crippen MR) is 232 cm³/mol. The topological polar surface area (TPSA) is 55.4 Å². The average molecular weight is 830 g/mol. The van der Waals surface area contributed by atoms with Gasteiger partial charge < -0.3 is 24.7 Å². The molecule has 0 N–H and O–H groups in total. The first-order valence-corrected chi connectivity index (χ1v) is 36.9. The molecule has 0 radical (unpaired) electrons. The van der Waals surface area contributed by atoms with E-state index in [0.717, 1.165) is 72.9 Å². The number of hydrogen-bond donors (Lipinski definition) is 4. The second kappa shape index (κ2) is 22.9. The highest BCUT2D eigenvalue weighted by atomic mass is 32.1. The highest BCUT2D eigenvalue weighted by Crippen LogP contribution is 2.38. The third-order valence-corrected chi connectivity index (χ3v) is 37.1. The van der Waals surface area contributed by atoms with Gasteiger partial charge in [-0.2, -0.15) is 50.5 Å². The fraction of sp³-hybridized carbons (Fsp3) is 0.857. The number of rotatable bonds is 18. The van der Waals surface area contributed by atoms with Crippen LogP contribution < -0.4 is 0 Å². The van der Waals surface area contributed by atoms with Crippen LogP contribution in [0.15, 0.2) is 24.6 Å². The molecule has 17 heteroatoms. The molecular weight excluding hydrogens is 757 g/mol. The smallest absolute Gasteiger partial charge is 0.317 e. The fourth-order valence-electron chi connectivity index (χ4n) is 5.29. The van der Waals surface area contributed by atoms with Crippen molar-refractivity contribution in [2.24, 2.45) is 0 Å². The Morgan fingerprint density at radius 2 is 0.711 bits per heavy atom. The molecule has 1 saturated heterocycles. The molecule has 0 aliphatic carbocycles. The Morgan fingerprint density at radius 1 is 0.511 bits per heavy atom. The van der Waals surface area contributed by atoms with Gasteiger partial charge in [-0.15, -0.1) is 13.2 Å². The molecule has 0 amide bonds. The fourth-order valence-corrected chi connectivity index (χ4v) is 41.8. The van der Waals surface area contributed by atoms with Gasteiger partial charge in [0.2, 0.25) is 0 Å². The molecule has 0 aromatic heterocycles. The molecule has 1 rings (SSSR count). The summed E-state index contributed by atoms with van der Waals surface area (Å²) >= 11 is 17.7. The molecule has 0 atom stereocenters. The molecule has 0 spiro atoms. The second-order valence-corrected chi connectivity index (χ2v) is 41.3. The Morgan fingerprint density at radius 3 is 0.867 bits per heavy atom. The average Bonchev–Trinajstić information content (AvgIpc) is 2.86. The zero-order valence-electron chi connectivity index (χ0n) is 28.8. The van der Waals surface area contributed by atoms with E-state index in [0.29, 0.717) is 0 Å². The van der Waals surface area contributed by atoms with E-state index in [4.69, 9.17) is 24.7 Å². The maximum absolute atomic E-state index is 6.94. The Hall–Kier alpha value is 2.16. The Bertz CT molecular complexity index is 731. The van der Waals surface area contributed by atoms with Crippen molar-refractivity contribution in [3.8, 4) is 0 Å². The quantitative estimate of drug-likeness (QED) is 0.0816. The van der Waals surface area contributed by atoms with E-state index in [-0.39, 0.29) is 14.9 Å². The molecule has 1 heterocycles. The van der Waals surface area contributed by atoms with Crippen molar-refractivity contribution in [1.82, 2.24) is 0 Å². The largest absolute Gasteiger partial charge is 0.433 e. The van der Waals surface area contributed by atoms with E-state index in [1.807, 2.05) is 11.4 Å². The van der Waals surface area contributed by atoms with Gasteiger partial charge in [0, 0.05) is 0 Å². The van der Waals surface area contributed by atoms with Gasteiger partial charge >= 0.3 is 42.8 Å². The zero-order chi connectivity index (χ0) is 33.6. The minimum atomic E-state index is -2.42. The minimum Gasteiger partial charge on any atom is -0.433 e. The van der Waals surface area contributed by atoms with Gasteiger partial charge in [0.1, 0.15) is 0 Å². The van der Waals surface area contributed by atoms with Crippen molar-refractivity contribution in [1.29, 1.82) is 0 Å². The van der Waals surface area contributed by atoms with Gasteiger partial charge in [-0.05, 0) is 138 Å². The zero-order valence-corrected chi connectivity index (χ0v) is 39.4. The first kappa shape index (κ1) is 51.5. The van der Waals surface area contributed by atoms with Crippen molar-refractivity contribution >= 4 is 110 Å². The van der Waals surface area contributed by atoms with Crippen LogP contribution in [-0.4, -0.2) is 82.5 Å². The van der Waals surface area contributed by atoms with Gasteiger partial charge in [-0.3, -0.25) is 0 Å². The lowest BCUT2D eigenvalue weighted by molar-refractivity contribution is 0.221. The molecule has 1 aliphatic heterocycles.